The van der Waals surface area contributed by atoms with Gasteiger partial charge in [-0.3, -0.25) is 9.48 Å². The molecule has 2 rings (SSSR count). The van der Waals surface area contributed by atoms with E-state index in [9.17, 15) is 4.79 Å². The van der Waals surface area contributed by atoms with Crippen LogP contribution in [0.4, 0.5) is 11.4 Å². The summed E-state index contributed by atoms with van der Waals surface area (Å²) in [5.41, 5.74) is 3.47. The van der Waals surface area contributed by atoms with Crippen LogP contribution in [-0.2, 0) is 11.8 Å². The van der Waals surface area contributed by atoms with E-state index in [1.807, 2.05) is 39.2 Å². The van der Waals surface area contributed by atoms with Crippen molar-refractivity contribution in [1.82, 2.24) is 9.78 Å². The van der Waals surface area contributed by atoms with E-state index in [4.69, 9.17) is 11.6 Å². The zero-order chi connectivity index (χ0) is 15.6. The first-order valence-corrected chi connectivity index (χ1v) is 7.07. The van der Waals surface area contributed by atoms with E-state index in [2.05, 4.69) is 15.7 Å². The summed E-state index contributed by atoms with van der Waals surface area (Å²) in [6.45, 7) is 5.69. The molecule has 1 aromatic heterocycles. The summed E-state index contributed by atoms with van der Waals surface area (Å²) in [6.07, 6.45) is 3.49. The summed E-state index contributed by atoms with van der Waals surface area (Å²) in [4.78, 5) is 12.3. The van der Waals surface area contributed by atoms with E-state index in [-0.39, 0.29) is 5.91 Å². The molecule has 5 nitrogen and oxygen atoms in total. The molecule has 1 amide bonds. The van der Waals surface area contributed by atoms with Crippen LogP contribution in [0.5, 0.6) is 0 Å². The van der Waals surface area contributed by atoms with Gasteiger partial charge in [-0.1, -0.05) is 17.7 Å². The number of benzene rings is 1. The van der Waals surface area contributed by atoms with E-state index in [0.29, 0.717) is 10.7 Å². The fourth-order valence-electron chi connectivity index (χ4n) is 2.12. The fourth-order valence-corrected chi connectivity index (χ4v) is 2.49. The summed E-state index contributed by atoms with van der Waals surface area (Å²) in [7, 11) is 1.82. The first-order chi connectivity index (χ1) is 9.86. The number of aryl methyl sites for hydroxylation is 3. The van der Waals surface area contributed by atoms with Crippen LogP contribution < -0.4 is 10.6 Å². The maximum absolute atomic E-state index is 12.3. The molecule has 2 aromatic rings. The summed E-state index contributed by atoms with van der Waals surface area (Å²) >= 11 is 6.20. The van der Waals surface area contributed by atoms with Gasteiger partial charge >= 0.3 is 0 Å². The highest BCUT2D eigenvalue weighted by atomic mass is 35.5. The number of rotatable bonds is 4. The zero-order valence-corrected chi connectivity index (χ0v) is 13.3. The van der Waals surface area contributed by atoms with E-state index in [0.717, 1.165) is 16.8 Å². The Hall–Kier alpha value is -2.01. The molecule has 0 unspecified atom stereocenters. The van der Waals surface area contributed by atoms with Crippen molar-refractivity contribution in [2.45, 2.75) is 26.8 Å². The Labute approximate surface area is 129 Å². The molecule has 0 aliphatic rings. The number of aromatic nitrogens is 2. The molecule has 0 fully saturated rings. The molecule has 0 radical (unpaired) electrons. The molecule has 1 heterocycles. The van der Waals surface area contributed by atoms with Crippen LogP contribution in [0.3, 0.4) is 0 Å². The highest BCUT2D eigenvalue weighted by Gasteiger charge is 2.16. The molecule has 0 bridgehead atoms. The number of carbonyl (C=O) groups is 1. The molecule has 6 heteroatoms. The Balaban J connectivity index is 2.07. The minimum atomic E-state index is -0.397. The molecule has 0 aliphatic carbocycles. The molecule has 0 saturated heterocycles. The van der Waals surface area contributed by atoms with E-state index >= 15 is 0 Å². The van der Waals surface area contributed by atoms with Gasteiger partial charge in [0, 0.05) is 13.2 Å². The number of hydrogen-bond donors (Lipinski definition) is 2. The van der Waals surface area contributed by atoms with E-state index in [1.54, 1.807) is 17.8 Å². The summed E-state index contributed by atoms with van der Waals surface area (Å²) < 4.78 is 1.67. The summed E-state index contributed by atoms with van der Waals surface area (Å²) in [6, 6.07) is 3.43. The maximum Gasteiger partial charge on any atom is 0.246 e. The lowest BCUT2D eigenvalue weighted by atomic mass is 10.1. The van der Waals surface area contributed by atoms with Crippen LogP contribution in [0.2, 0.25) is 5.02 Å². The lowest BCUT2D eigenvalue weighted by Gasteiger charge is -2.16. The minimum absolute atomic E-state index is 0.146. The average molecular weight is 307 g/mol. The van der Waals surface area contributed by atoms with Crippen LogP contribution in [0.25, 0.3) is 0 Å². The molecule has 2 N–H and O–H groups in total. The number of nitrogens with zero attached hydrogens (tertiary/aromatic N) is 2. The molecule has 1 aromatic carbocycles. The van der Waals surface area contributed by atoms with E-state index in [1.165, 1.54) is 0 Å². The van der Waals surface area contributed by atoms with Gasteiger partial charge in [-0.05, 0) is 38.0 Å². The Morgan fingerprint density at radius 3 is 2.67 bits per heavy atom. The first-order valence-electron chi connectivity index (χ1n) is 6.69. The molecular weight excluding hydrogens is 288 g/mol. The number of amides is 1. The molecular formula is C15H19ClN4O. The van der Waals surface area contributed by atoms with Gasteiger partial charge in [0.05, 0.1) is 22.6 Å². The molecule has 1 atom stereocenters. The highest BCUT2D eigenvalue weighted by Crippen LogP contribution is 2.27. The molecule has 21 heavy (non-hydrogen) atoms. The van der Waals surface area contributed by atoms with Gasteiger partial charge in [-0.25, -0.2) is 0 Å². The van der Waals surface area contributed by atoms with Crippen LogP contribution in [-0.4, -0.2) is 21.7 Å². The zero-order valence-electron chi connectivity index (χ0n) is 12.6. The van der Waals surface area contributed by atoms with Crippen LogP contribution >= 0.6 is 11.6 Å². The average Bonchev–Trinajstić information content (AvgIpc) is 2.78. The maximum atomic E-state index is 12.3. The van der Waals surface area contributed by atoms with Crippen molar-refractivity contribution in [3.8, 4) is 0 Å². The van der Waals surface area contributed by atoms with Crippen LogP contribution in [0, 0.1) is 13.8 Å². The third kappa shape index (κ3) is 3.76. The van der Waals surface area contributed by atoms with Crippen molar-refractivity contribution in [2.75, 3.05) is 10.6 Å². The van der Waals surface area contributed by atoms with Gasteiger partial charge in [0.25, 0.3) is 0 Å². The Kier molecular flexibility index (Phi) is 4.53. The lowest BCUT2D eigenvalue weighted by Crippen LogP contribution is -2.32. The van der Waals surface area contributed by atoms with Crippen molar-refractivity contribution in [1.29, 1.82) is 0 Å². The van der Waals surface area contributed by atoms with Gasteiger partial charge in [-0.15, -0.1) is 0 Å². The predicted octanol–water partition coefficient (Wildman–Crippen LogP) is 3.13. The Morgan fingerprint density at radius 2 is 2.10 bits per heavy atom. The second kappa shape index (κ2) is 6.18. The monoisotopic (exact) mass is 306 g/mol. The van der Waals surface area contributed by atoms with Gasteiger partial charge in [0.1, 0.15) is 6.04 Å². The standard InChI is InChI=1S/C15H19ClN4O/c1-9-5-10(2)14(13(16)6-9)19-15(21)11(3)18-12-7-17-20(4)8-12/h5-8,11,18H,1-4H3,(H,19,21)/t11-/m1/s1. The van der Waals surface area contributed by atoms with Crippen molar-refractivity contribution < 1.29 is 4.79 Å². The molecule has 112 valence electrons. The summed E-state index contributed by atoms with van der Waals surface area (Å²) in [5, 5.41) is 10.6. The molecule has 0 spiro atoms. The second-order valence-corrected chi connectivity index (χ2v) is 5.60. The smallest absolute Gasteiger partial charge is 0.246 e. The van der Waals surface area contributed by atoms with Gasteiger partial charge in [0.15, 0.2) is 0 Å². The predicted molar refractivity (Wildman–Crippen MR) is 85.8 cm³/mol. The quantitative estimate of drug-likeness (QED) is 0.912. The third-order valence-corrected chi connectivity index (χ3v) is 3.46. The van der Waals surface area contributed by atoms with Gasteiger partial charge in [0.2, 0.25) is 5.91 Å². The normalized spacial score (nSPS) is 12.0. The van der Waals surface area contributed by atoms with E-state index < -0.39 is 6.04 Å². The SMILES string of the molecule is Cc1cc(C)c(NC(=O)[C@@H](C)Nc2cnn(C)c2)c(Cl)c1. The van der Waals surface area contributed by atoms with Gasteiger partial charge in [-0.2, -0.15) is 5.10 Å². The van der Waals surface area contributed by atoms with Crippen molar-refractivity contribution in [2.24, 2.45) is 7.05 Å². The van der Waals surface area contributed by atoms with Crippen molar-refractivity contribution >= 4 is 28.9 Å². The minimum Gasteiger partial charge on any atom is -0.371 e. The highest BCUT2D eigenvalue weighted by molar-refractivity contribution is 6.34. The van der Waals surface area contributed by atoms with Gasteiger partial charge < -0.3 is 10.6 Å². The number of halogens is 1. The van der Waals surface area contributed by atoms with Crippen molar-refractivity contribution in [3.05, 3.63) is 40.7 Å². The number of carbonyl (C=O) groups excluding carboxylic acids is 1. The first kappa shape index (κ1) is 15.4. The largest absolute Gasteiger partial charge is 0.371 e. The second-order valence-electron chi connectivity index (χ2n) is 5.20. The van der Waals surface area contributed by atoms with Crippen molar-refractivity contribution in [3.63, 3.8) is 0 Å². The number of nitrogens with one attached hydrogen (secondary N) is 2. The molecule has 0 aliphatic heterocycles. The Morgan fingerprint density at radius 1 is 1.38 bits per heavy atom. The number of hydrogen-bond acceptors (Lipinski definition) is 3. The fraction of sp³-hybridized carbons (Fsp3) is 0.333. The van der Waals surface area contributed by atoms with Crippen LogP contribution in [0.15, 0.2) is 24.5 Å². The number of anilines is 2. The lowest BCUT2D eigenvalue weighted by molar-refractivity contribution is -0.116. The Bertz CT molecular complexity index is 642. The summed E-state index contributed by atoms with van der Waals surface area (Å²) in [5.74, 6) is -0.146. The third-order valence-electron chi connectivity index (χ3n) is 3.16. The van der Waals surface area contributed by atoms with Crippen LogP contribution in [0.1, 0.15) is 18.1 Å². The molecule has 0 saturated carbocycles. The topological polar surface area (TPSA) is 59.0 Å².